The summed E-state index contributed by atoms with van der Waals surface area (Å²) in [5, 5.41) is 7.47. The fraction of sp³-hybridized carbons (Fsp3) is 0.167. The molecule has 0 amide bonds. The van der Waals surface area contributed by atoms with E-state index in [1.807, 2.05) is 37.3 Å². The minimum absolute atomic E-state index is 0.124. The van der Waals surface area contributed by atoms with Gasteiger partial charge in [-0.05, 0) is 31.2 Å². The van der Waals surface area contributed by atoms with Crippen molar-refractivity contribution in [1.82, 2.24) is 15.2 Å². The molecule has 0 fully saturated rings. The van der Waals surface area contributed by atoms with Crippen molar-refractivity contribution < 1.29 is 14.3 Å². The fourth-order valence-corrected chi connectivity index (χ4v) is 2.66. The molecule has 3 rings (SSSR count). The van der Waals surface area contributed by atoms with Crippen LogP contribution in [0.5, 0.6) is 11.5 Å². The molecule has 25 heavy (non-hydrogen) atoms. The van der Waals surface area contributed by atoms with Gasteiger partial charge in [0.2, 0.25) is 5.16 Å². The zero-order valence-corrected chi connectivity index (χ0v) is 14.5. The number of hydrogen-bond acceptors (Lipinski definition) is 6. The van der Waals surface area contributed by atoms with Gasteiger partial charge in [0.25, 0.3) is 0 Å². The van der Waals surface area contributed by atoms with Gasteiger partial charge in [0.1, 0.15) is 11.5 Å². The van der Waals surface area contributed by atoms with Crippen molar-refractivity contribution in [2.24, 2.45) is 0 Å². The van der Waals surface area contributed by atoms with Crippen LogP contribution >= 0.6 is 11.8 Å². The molecule has 6 nitrogen and oxygen atoms in total. The Morgan fingerprint density at radius 3 is 2.52 bits per heavy atom. The highest BCUT2D eigenvalue weighted by Crippen LogP contribution is 2.21. The van der Waals surface area contributed by atoms with Gasteiger partial charge >= 0.3 is 5.97 Å². The first-order valence-corrected chi connectivity index (χ1v) is 8.77. The van der Waals surface area contributed by atoms with Crippen molar-refractivity contribution in [1.29, 1.82) is 0 Å². The zero-order valence-electron chi connectivity index (χ0n) is 13.6. The van der Waals surface area contributed by atoms with Crippen LogP contribution in [0.4, 0.5) is 0 Å². The minimum Gasteiger partial charge on any atom is -0.494 e. The highest BCUT2D eigenvalue weighted by molar-refractivity contribution is 7.99. The van der Waals surface area contributed by atoms with Gasteiger partial charge < -0.3 is 9.47 Å². The Hall–Kier alpha value is -2.80. The lowest BCUT2D eigenvalue weighted by Crippen LogP contribution is -2.10. The van der Waals surface area contributed by atoms with Gasteiger partial charge in [0, 0.05) is 5.56 Å². The summed E-state index contributed by atoms with van der Waals surface area (Å²) in [4.78, 5) is 16.3. The number of rotatable bonds is 7. The van der Waals surface area contributed by atoms with E-state index in [0.717, 1.165) is 11.3 Å². The molecule has 3 aromatic rings. The lowest BCUT2D eigenvalue weighted by Gasteiger charge is -2.05. The van der Waals surface area contributed by atoms with Crippen molar-refractivity contribution in [2.75, 3.05) is 12.4 Å². The van der Waals surface area contributed by atoms with Crippen molar-refractivity contribution in [3.63, 3.8) is 0 Å². The molecule has 0 unspecified atom stereocenters. The molecule has 0 radical (unpaired) electrons. The van der Waals surface area contributed by atoms with Gasteiger partial charge in [-0.1, -0.05) is 42.1 Å². The van der Waals surface area contributed by atoms with Gasteiger partial charge in [-0.15, -0.1) is 5.10 Å². The zero-order chi connectivity index (χ0) is 17.5. The molecule has 0 aliphatic heterocycles. The number of aromatic nitrogens is 3. The van der Waals surface area contributed by atoms with Gasteiger partial charge in [0.15, 0.2) is 5.82 Å². The Balaban J connectivity index is 1.51. The highest BCUT2D eigenvalue weighted by atomic mass is 32.2. The number of benzene rings is 2. The largest absolute Gasteiger partial charge is 0.494 e. The average molecular weight is 355 g/mol. The first-order valence-electron chi connectivity index (χ1n) is 7.79. The SMILES string of the molecule is CCOc1ccc(OC(=O)CSc2n[nH]c(-c3ccccc3)n2)cc1. The minimum atomic E-state index is -0.361. The van der Waals surface area contributed by atoms with Crippen molar-refractivity contribution in [3.05, 3.63) is 54.6 Å². The monoisotopic (exact) mass is 355 g/mol. The van der Waals surface area contributed by atoms with E-state index < -0.39 is 0 Å². The van der Waals surface area contributed by atoms with E-state index >= 15 is 0 Å². The Kier molecular flexibility index (Phi) is 5.69. The molecule has 0 aliphatic carbocycles. The second-order valence-electron chi connectivity index (χ2n) is 5.00. The summed E-state index contributed by atoms with van der Waals surface area (Å²) < 4.78 is 10.6. The van der Waals surface area contributed by atoms with Crippen LogP contribution in [0.3, 0.4) is 0 Å². The Morgan fingerprint density at radius 1 is 1.08 bits per heavy atom. The molecular formula is C18H17N3O3S. The molecule has 0 saturated carbocycles. The molecule has 0 bridgehead atoms. The maximum atomic E-state index is 11.9. The molecule has 0 aliphatic rings. The quantitative estimate of drug-likeness (QED) is 0.397. The van der Waals surface area contributed by atoms with E-state index in [2.05, 4.69) is 15.2 Å². The van der Waals surface area contributed by atoms with Crippen molar-refractivity contribution >= 4 is 17.7 Å². The third kappa shape index (κ3) is 4.84. The van der Waals surface area contributed by atoms with E-state index in [9.17, 15) is 4.79 Å². The van der Waals surface area contributed by atoms with Crippen molar-refractivity contribution in [2.45, 2.75) is 12.1 Å². The van der Waals surface area contributed by atoms with Crippen LogP contribution in [-0.4, -0.2) is 33.5 Å². The topological polar surface area (TPSA) is 77.1 Å². The number of aromatic amines is 1. The van der Waals surface area contributed by atoms with Crippen LogP contribution in [0.15, 0.2) is 59.8 Å². The molecular weight excluding hydrogens is 338 g/mol. The first-order chi connectivity index (χ1) is 12.2. The standard InChI is InChI=1S/C18H17N3O3S/c1-2-23-14-8-10-15(11-9-14)24-16(22)12-25-18-19-17(20-21-18)13-6-4-3-5-7-13/h3-11H,2,12H2,1H3,(H,19,20,21). The van der Waals surface area contributed by atoms with Crippen LogP contribution in [0, 0.1) is 0 Å². The number of esters is 1. The molecule has 1 aromatic heterocycles. The van der Waals surface area contributed by atoms with Crippen LogP contribution in [0.1, 0.15) is 6.92 Å². The number of ether oxygens (including phenoxy) is 2. The number of carbonyl (C=O) groups is 1. The molecule has 1 N–H and O–H groups in total. The summed E-state index contributed by atoms with van der Waals surface area (Å²) in [5.74, 6) is 1.65. The molecule has 0 spiro atoms. The number of nitrogens with one attached hydrogen (secondary N) is 1. The number of hydrogen-bond donors (Lipinski definition) is 1. The summed E-state index contributed by atoms with van der Waals surface area (Å²) in [7, 11) is 0. The second kappa shape index (κ2) is 8.34. The summed E-state index contributed by atoms with van der Waals surface area (Å²) in [5.41, 5.74) is 0.943. The first kappa shape index (κ1) is 17.0. The molecule has 2 aromatic carbocycles. The van der Waals surface area contributed by atoms with Crippen LogP contribution in [0.25, 0.3) is 11.4 Å². The Labute approximate surface area is 149 Å². The van der Waals surface area contributed by atoms with Crippen LogP contribution in [-0.2, 0) is 4.79 Å². The van der Waals surface area contributed by atoms with Gasteiger partial charge in [-0.25, -0.2) is 4.98 Å². The van der Waals surface area contributed by atoms with Crippen LogP contribution < -0.4 is 9.47 Å². The van der Waals surface area contributed by atoms with Gasteiger partial charge in [-0.2, -0.15) is 0 Å². The third-order valence-corrected chi connectivity index (χ3v) is 4.02. The summed E-state index contributed by atoms with van der Waals surface area (Å²) in [6.07, 6.45) is 0. The number of nitrogens with zero attached hydrogens (tertiary/aromatic N) is 2. The average Bonchev–Trinajstić information content (AvgIpc) is 3.12. The molecule has 7 heteroatoms. The predicted molar refractivity (Wildman–Crippen MR) is 95.8 cm³/mol. The molecule has 0 saturated heterocycles. The maximum Gasteiger partial charge on any atom is 0.321 e. The normalized spacial score (nSPS) is 10.4. The van der Waals surface area contributed by atoms with Gasteiger partial charge in [-0.3, -0.25) is 9.89 Å². The summed E-state index contributed by atoms with van der Waals surface area (Å²) in [6.45, 7) is 2.51. The highest BCUT2D eigenvalue weighted by Gasteiger charge is 2.10. The Morgan fingerprint density at radius 2 is 1.80 bits per heavy atom. The van der Waals surface area contributed by atoms with E-state index in [1.54, 1.807) is 24.3 Å². The lowest BCUT2D eigenvalue weighted by molar-refractivity contribution is -0.131. The summed E-state index contributed by atoms with van der Waals surface area (Å²) in [6, 6.07) is 16.6. The fourth-order valence-electron chi connectivity index (χ4n) is 2.09. The lowest BCUT2D eigenvalue weighted by atomic mass is 10.2. The second-order valence-corrected chi connectivity index (χ2v) is 5.94. The smallest absolute Gasteiger partial charge is 0.321 e. The third-order valence-electron chi connectivity index (χ3n) is 3.20. The molecule has 128 valence electrons. The van der Waals surface area contributed by atoms with Crippen molar-refractivity contribution in [3.8, 4) is 22.9 Å². The van der Waals surface area contributed by atoms with E-state index in [1.165, 1.54) is 11.8 Å². The molecule has 1 heterocycles. The van der Waals surface area contributed by atoms with E-state index in [0.29, 0.717) is 23.3 Å². The Bertz CT molecular complexity index is 819. The van der Waals surface area contributed by atoms with Gasteiger partial charge in [0.05, 0.1) is 12.4 Å². The molecule has 0 atom stereocenters. The van der Waals surface area contributed by atoms with E-state index in [-0.39, 0.29) is 11.7 Å². The number of carbonyl (C=O) groups excluding carboxylic acids is 1. The number of thioether (sulfide) groups is 1. The van der Waals surface area contributed by atoms with E-state index in [4.69, 9.17) is 9.47 Å². The van der Waals surface area contributed by atoms with Crippen LogP contribution in [0.2, 0.25) is 0 Å². The predicted octanol–water partition coefficient (Wildman–Crippen LogP) is 3.57. The summed E-state index contributed by atoms with van der Waals surface area (Å²) >= 11 is 1.22. The number of H-pyrrole nitrogens is 1. The maximum absolute atomic E-state index is 11.9.